The van der Waals surface area contributed by atoms with Gasteiger partial charge in [0, 0.05) is 11.1 Å². The summed E-state index contributed by atoms with van der Waals surface area (Å²) in [6, 6.07) is 10.8. The number of nitrogens with zero attached hydrogens (tertiary/aromatic N) is 1. The first-order valence-corrected chi connectivity index (χ1v) is 6.14. The van der Waals surface area contributed by atoms with Gasteiger partial charge in [0.2, 0.25) is 5.76 Å². The van der Waals surface area contributed by atoms with E-state index in [9.17, 15) is 4.79 Å². The lowest BCUT2D eigenvalue weighted by Gasteiger charge is -2.32. The molecule has 0 radical (unpaired) electrons. The maximum Gasteiger partial charge on any atom is 0.413 e. The van der Waals surface area contributed by atoms with Crippen LogP contribution in [-0.2, 0) is 5.54 Å². The molecule has 0 bridgehead atoms. The molecule has 0 saturated heterocycles. The molecule has 5 nitrogen and oxygen atoms in total. The van der Waals surface area contributed by atoms with Crippen molar-refractivity contribution in [1.29, 1.82) is 5.26 Å². The van der Waals surface area contributed by atoms with Gasteiger partial charge < -0.3 is 14.5 Å². The molecule has 1 aromatic heterocycles. The van der Waals surface area contributed by atoms with Crippen LogP contribution in [0.4, 0.5) is 4.79 Å². The third-order valence-corrected chi connectivity index (χ3v) is 3.27. The molecule has 0 saturated carbocycles. The number of amides is 1. The van der Waals surface area contributed by atoms with E-state index < -0.39 is 11.6 Å². The second kappa shape index (κ2) is 4.14. The molecule has 0 atom stereocenters. The second-order valence-electron chi connectivity index (χ2n) is 5.13. The summed E-state index contributed by atoms with van der Waals surface area (Å²) in [5.74, 6) is 1.41. The highest BCUT2D eigenvalue weighted by molar-refractivity contribution is 5.76. The molecule has 1 aliphatic rings. The highest BCUT2D eigenvalue weighted by Gasteiger charge is 2.33. The SMILES string of the molecule is CC1(C)NC(=O)Oc2ccc(-c3ccc(C#N)o3)cc21. The Kier molecular flexibility index (Phi) is 2.54. The zero-order chi connectivity index (χ0) is 14.3. The van der Waals surface area contributed by atoms with Gasteiger partial charge in [0.1, 0.15) is 17.6 Å². The fourth-order valence-electron chi connectivity index (χ4n) is 2.26. The quantitative estimate of drug-likeness (QED) is 0.862. The van der Waals surface area contributed by atoms with Crippen LogP contribution in [0.5, 0.6) is 5.75 Å². The van der Waals surface area contributed by atoms with Crippen molar-refractivity contribution in [1.82, 2.24) is 5.32 Å². The van der Waals surface area contributed by atoms with E-state index in [0.29, 0.717) is 11.5 Å². The zero-order valence-corrected chi connectivity index (χ0v) is 11.1. The summed E-state index contributed by atoms with van der Waals surface area (Å²) in [6.45, 7) is 3.80. The Morgan fingerprint density at radius 1 is 1.25 bits per heavy atom. The molecule has 2 heterocycles. The van der Waals surface area contributed by atoms with Crippen molar-refractivity contribution in [3.8, 4) is 23.1 Å². The van der Waals surface area contributed by atoms with Gasteiger partial charge in [-0.05, 0) is 44.2 Å². The van der Waals surface area contributed by atoms with E-state index in [2.05, 4.69) is 5.32 Å². The molecule has 100 valence electrons. The van der Waals surface area contributed by atoms with Gasteiger partial charge in [-0.15, -0.1) is 0 Å². The van der Waals surface area contributed by atoms with E-state index in [1.54, 1.807) is 24.3 Å². The lowest BCUT2D eigenvalue weighted by Crippen LogP contribution is -2.46. The minimum absolute atomic E-state index is 0.265. The van der Waals surface area contributed by atoms with Crippen molar-refractivity contribution in [3.05, 3.63) is 41.7 Å². The highest BCUT2D eigenvalue weighted by Crippen LogP contribution is 2.36. The van der Waals surface area contributed by atoms with E-state index in [0.717, 1.165) is 11.1 Å². The number of nitrogens with one attached hydrogen (secondary N) is 1. The summed E-state index contributed by atoms with van der Waals surface area (Å²) in [4.78, 5) is 11.5. The Labute approximate surface area is 115 Å². The highest BCUT2D eigenvalue weighted by atomic mass is 16.6. The van der Waals surface area contributed by atoms with Gasteiger partial charge in [-0.1, -0.05) is 0 Å². The Bertz CT molecular complexity index is 738. The minimum Gasteiger partial charge on any atom is -0.446 e. The van der Waals surface area contributed by atoms with Crippen molar-refractivity contribution >= 4 is 6.09 Å². The monoisotopic (exact) mass is 268 g/mol. The number of hydrogen-bond acceptors (Lipinski definition) is 4. The average molecular weight is 268 g/mol. The van der Waals surface area contributed by atoms with Crippen LogP contribution in [0, 0.1) is 11.3 Å². The third-order valence-electron chi connectivity index (χ3n) is 3.27. The molecule has 0 spiro atoms. The van der Waals surface area contributed by atoms with Crippen molar-refractivity contribution in [3.63, 3.8) is 0 Å². The van der Waals surface area contributed by atoms with E-state index in [-0.39, 0.29) is 5.76 Å². The summed E-state index contributed by atoms with van der Waals surface area (Å²) in [5.41, 5.74) is 1.17. The second-order valence-corrected chi connectivity index (χ2v) is 5.13. The van der Waals surface area contributed by atoms with Gasteiger partial charge in [0.25, 0.3) is 0 Å². The van der Waals surface area contributed by atoms with Gasteiger partial charge in [-0.25, -0.2) is 4.79 Å². The van der Waals surface area contributed by atoms with Crippen molar-refractivity contribution in [2.45, 2.75) is 19.4 Å². The van der Waals surface area contributed by atoms with Crippen LogP contribution in [0.1, 0.15) is 25.2 Å². The largest absolute Gasteiger partial charge is 0.446 e. The lowest BCUT2D eigenvalue weighted by molar-refractivity contribution is 0.177. The van der Waals surface area contributed by atoms with Gasteiger partial charge >= 0.3 is 6.09 Å². The molecule has 0 aliphatic carbocycles. The standard InChI is InChI=1S/C15H12N2O3/c1-15(2)11-7-9(12-6-4-10(8-16)19-12)3-5-13(11)20-14(18)17-15/h3-7H,1-2H3,(H,17,18). The Hall–Kier alpha value is -2.74. The molecule has 0 unspecified atom stereocenters. The van der Waals surface area contributed by atoms with Crippen LogP contribution in [-0.4, -0.2) is 6.09 Å². The normalized spacial score (nSPS) is 15.8. The molecule has 0 fully saturated rings. The van der Waals surface area contributed by atoms with Crippen LogP contribution < -0.4 is 10.1 Å². The number of furan rings is 1. The number of carbonyl (C=O) groups excluding carboxylic acids is 1. The first kappa shape index (κ1) is 12.3. The van der Waals surface area contributed by atoms with Crippen molar-refractivity contribution in [2.75, 3.05) is 0 Å². The van der Waals surface area contributed by atoms with Gasteiger partial charge in [0.05, 0.1) is 5.54 Å². The van der Waals surface area contributed by atoms with E-state index >= 15 is 0 Å². The Morgan fingerprint density at radius 3 is 2.75 bits per heavy atom. The van der Waals surface area contributed by atoms with E-state index in [4.69, 9.17) is 14.4 Å². The number of hydrogen-bond donors (Lipinski definition) is 1. The first-order valence-electron chi connectivity index (χ1n) is 6.14. The van der Waals surface area contributed by atoms with Crippen LogP contribution in [0.15, 0.2) is 34.7 Å². The van der Waals surface area contributed by atoms with Crippen LogP contribution in [0.25, 0.3) is 11.3 Å². The Balaban J connectivity index is 2.09. The number of benzene rings is 1. The van der Waals surface area contributed by atoms with Crippen molar-refractivity contribution in [2.24, 2.45) is 0 Å². The molecular weight excluding hydrogens is 256 g/mol. The maximum absolute atomic E-state index is 11.5. The molecule has 3 rings (SSSR count). The smallest absolute Gasteiger partial charge is 0.413 e. The minimum atomic E-state index is -0.522. The molecular formula is C15H12N2O3. The fourth-order valence-corrected chi connectivity index (χ4v) is 2.26. The molecule has 1 aliphatic heterocycles. The van der Waals surface area contributed by atoms with Gasteiger partial charge in [-0.3, -0.25) is 0 Å². The number of nitriles is 1. The van der Waals surface area contributed by atoms with Gasteiger partial charge in [-0.2, -0.15) is 5.26 Å². The van der Waals surface area contributed by atoms with E-state index in [1.165, 1.54) is 0 Å². The fraction of sp³-hybridized carbons (Fsp3) is 0.200. The molecule has 1 N–H and O–H groups in total. The summed E-state index contributed by atoms with van der Waals surface area (Å²) in [6.07, 6.45) is -0.458. The Morgan fingerprint density at radius 2 is 2.05 bits per heavy atom. The average Bonchev–Trinajstić information content (AvgIpc) is 2.86. The summed E-state index contributed by atoms with van der Waals surface area (Å²) in [7, 11) is 0. The number of rotatable bonds is 1. The molecule has 1 amide bonds. The summed E-state index contributed by atoms with van der Waals surface area (Å²) < 4.78 is 10.6. The summed E-state index contributed by atoms with van der Waals surface area (Å²) in [5, 5.41) is 11.6. The summed E-state index contributed by atoms with van der Waals surface area (Å²) >= 11 is 0. The van der Waals surface area contributed by atoms with Crippen LogP contribution in [0.2, 0.25) is 0 Å². The zero-order valence-electron chi connectivity index (χ0n) is 11.1. The third kappa shape index (κ3) is 1.91. The number of carbonyl (C=O) groups is 1. The maximum atomic E-state index is 11.5. The van der Waals surface area contributed by atoms with Crippen LogP contribution >= 0.6 is 0 Å². The van der Waals surface area contributed by atoms with Gasteiger partial charge in [0.15, 0.2) is 0 Å². The predicted octanol–water partition coefficient (Wildman–Crippen LogP) is 3.16. The topological polar surface area (TPSA) is 75.3 Å². The molecule has 20 heavy (non-hydrogen) atoms. The predicted molar refractivity (Wildman–Crippen MR) is 71.0 cm³/mol. The van der Waals surface area contributed by atoms with Crippen LogP contribution in [0.3, 0.4) is 0 Å². The molecule has 1 aromatic carbocycles. The lowest BCUT2D eigenvalue weighted by atomic mass is 9.90. The number of fused-ring (bicyclic) bond motifs is 1. The molecule has 2 aromatic rings. The van der Waals surface area contributed by atoms with Crippen molar-refractivity contribution < 1.29 is 13.9 Å². The van der Waals surface area contributed by atoms with E-state index in [1.807, 2.05) is 26.0 Å². The number of ether oxygens (including phenoxy) is 1. The first-order chi connectivity index (χ1) is 9.49. The molecule has 5 heteroatoms.